The van der Waals surface area contributed by atoms with Crippen LogP contribution in [-0.4, -0.2) is 23.4 Å². The second-order valence-corrected chi connectivity index (χ2v) is 9.57. The van der Waals surface area contributed by atoms with Crippen LogP contribution < -0.4 is 14.8 Å². The first-order chi connectivity index (χ1) is 16.8. The van der Waals surface area contributed by atoms with Crippen LogP contribution in [-0.2, 0) is 17.9 Å². The van der Waals surface area contributed by atoms with E-state index in [9.17, 15) is 9.59 Å². The van der Waals surface area contributed by atoms with Crippen molar-refractivity contribution in [3.8, 4) is 11.5 Å². The molecule has 1 aliphatic heterocycles. The first-order valence-corrected chi connectivity index (χ1v) is 12.5. The number of imide groups is 1. The third-order valence-electron chi connectivity index (χ3n) is 5.49. The Morgan fingerprint density at radius 1 is 0.943 bits per heavy atom. The Kier molecular flexibility index (Phi) is 7.75. The fraction of sp³-hybridized carbons (Fsp3) is 0.214. The van der Waals surface area contributed by atoms with Gasteiger partial charge in [0.1, 0.15) is 12.3 Å². The fourth-order valence-corrected chi connectivity index (χ4v) is 4.69. The first kappa shape index (κ1) is 24.8. The number of aryl methyl sites for hydroxylation is 2. The Hall–Kier alpha value is -3.33. The Bertz CT molecular complexity index is 1300. The van der Waals surface area contributed by atoms with Gasteiger partial charge < -0.3 is 14.8 Å². The number of nitrogens with zero attached hydrogens (tertiary/aromatic N) is 1. The average Bonchev–Trinajstić information content (AvgIpc) is 3.06. The van der Waals surface area contributed by atoms with Gasteiger partial charge in [0, 0.05) is 0 Å². The Labute approximate surface area is 219 Å². The molecule has 1 N–H and O–H groups in total. The smallest absolute Gasteiger partial charge is 0.329 e. The van der Waals surface area contributed by atoms with Crippen LogP contribution in [0.4, 0.5) is 4.79 Å². The van der Waals surface area contributed by atoms with Crippen molar-refractivity contribution < 1.29 is 19.1 Å². The molecule has 0 spiro atoms. The van der Waals surface area contributed by atoms with Crippen LogP contribution in [0.25, 0.3) is 6.08 Å². The predicted molar refractivity (Wildman–Crippen MR) is 144 cm³/mol. The van der Waals surface area contributed by atoms with E-state index in [2.05, 4.69) is 34.0 Å². The van der Waals surface area contributed by atoms with Gasteiger partial charge in [-0.25, -0.2) is 4.79 Å². The summed E-state index contributed by atoms with van der Waals surface area (Å²) in [5, 5.41) is 2.70. The Balaban J connectivity index is 1.55. The monoisotopic (exact) mass is 582 g/mol. The summed E-state index contributed by atoms with van der Waals surface area (Å²) in [6, 6.07) is 19.2. The van der Waals surface area contributed by atoms with Gasteiger partial charge in [0.05, 0.1) is 16.7 Å². The van der Waals surface area contributed by atoms with E-state index in [1.54, 1.807) is 6.08 Å². The lowest BCUT2D eigenvalue weighted by Crippen LogP contribution is -2.30. The van der Waals surface area contributed by atoms with E-state index in [4.69, 9.17) is 9.47 Å². The molecule has 0 unspecified atom stereocenters. The molecule has 4 rings (SSSR count). The maximum atomic E-state index is 13.0. The molecule has 1 heterocycles. The van der Waals surface area contributed by atoms with Gasteiger partial charge in [-0.15, -0.1) is 0 Å². The summed E-state index contributed by atoms with van der Waals surface area (Å²) in [6.07, 6.45) is 1.67. The highest BCUT2D eigenvalue weighted by Gasteiger charge is 2.33. The Morgan fingerprint density at radius 2 is 1.63 bits per heavy atom. The third-order valence-corrected chi connectivity index (χ3v) is 6.30. The molecular formula is C28H27IN2O4. The van der Waals surface area contributed by atoms with E-state index < -0.39 is 6.03 Å². The second-order valence-electron chi connectivity index (χ2n) is 8.41. The summed E-state index contributed by atoms with van der Waals surface area (Å²) < 4.78 is 12.8. The number of carbonyl (C=O) groups is 2. The lowest BCUT2D eigenvalue weighted by Gasteiger charge is -2.15. The minimum Gasteiger partial charge on any atom is -0.490 e. The van der Waals surface area contributed by atoms with Gasteiger partial charge in [-0.2, -0.15) is 0 Å². The number of amides is 3. The number of rotatable bonds is 8. The maximum Gasteiger partial charge on any atom is 0.329 e. The number of carbonyl (C=O) groups excluding carboxylic acids is 2. The van der Waals surface area contributed by atoms with E-state index >= 15 is 0 Å². The van der Waals surface area contributed by atoms with Crippen molar-refractivity contribution in [3.05, 3.63) is 97.7 Å². The van der Waals surface area contributed by atoms with E-state index in [1.807, 2.05) is 75.4 Å². The molecule has 7 heteroatoms. The minimum absolute atomic E-state index is 0.219. The van der Waals surface area contributed by atoms with Crippen LogP contribution in [0.3, 0.4) is 0 Å². The van der Waals surface area contributed by atoms with Crippen LogP contribution in [0.15, 0.2) is 66.4 Å². The van der Waals surface area contributed by atoms with Gasteiger partial charge in [0.2, 0.25) is 0 Å². The molecule has 3 amide bonds. The molecule has 1 fully saturated rings. The second kappa shape index (κ2) is 10.9. The molecule has 0 aliphatic carbocycles. The highest BCUT2D eigenvalue weighted by molar-refractivity contribution is 14.1. The van der Waals surface area contributed by atoms with Crippen LogP contribution in [0, 0.1) is 17.4 Å². The normalized spacial score (nSPS) is 14.4. The van der Waals surface area contributed by atoms with E-state index in [-0.39, 0.29) is 18.1 Å². The maximum absolute atomic E-state index is 13.0. The van der Waals surface area contributed by atoms with Crippen molar-refractivity contribution in [3.63, 3.8) is 0 Å². The lowest BCUT2D eigenvalue weighted by atomic mass is 10.1. The predicted octanol–water partition coefficient (Wildman–Crippen LogP) is 5.98. The number of benzene rings is 3. The van der Waals surface area contributed by atoms with Crippen LogP contribution in [0.1, 0.15) is 34.7 Å². The van der Waals surface area contributed by atoms with E-state index in [0.717, 1.165) is 25.8 Å². The first-order valence-electron chi connectivity index (χ1n) is 11.4. The summed E-state index contributed by atoms with van der Waals surface area (Å²) in [4.78, 5) is 26.7. The zero-order chi connectivity index (χ0) is 24.9. The Morgan fingerprint density at radius 3 is 2.31 bits per heavy atom. The molecule has 0 bridgehead atoms. The van der Waals surface area contributed by atoms with Crippen LogP contribution in [0.5, 0.6) is 11.5 Å². The third kappa shape index (κ3) is 6.03. The molecule has 6 nitrogen and oxygen atoms in total. The number of hydrogen-bond donors (Lipinski definition) is 1. The lowest BCUT2D eigenvalue weighted by molar-refractivity contribution is -0.123. The van der Waals surface area contributed by atoms with Crippen molar-refractivity contribution in [1.82, 2.24) is 10.2 Å². The van der Waals surface area contributed by atoms with Crippen molar-refractivity contribution >= 4 is 40.6 Å². The molecule has 3 aromatic rings. The van der Waals surface area contributed by atoms with Crippen molar-refractivity contribution in [2.24, 2.45) is 0 Å². The molecule has 0 radical (unpaired) electrons. The topological polar surface area (TPSA) is 67.9 Å². The fourth-order valence-electron chi connectivity index (χ4n) is 3.91. The number of ether oxygens (including phenoxy) is 2. The van der Waals surface area contributed by atoms with Crippen LogP contribution >= 0.6 is 22.6 Å². The molecule has 180 valence electrons. The SMILES string of the molecule is CCOc1cc(/C=C2/NC(=O)N(Cc3cccc(C)c3)C2=O)cc(I)c1OCc1cccc(C)c1. The summed E-state index contributed by atoms with van der Waals surface area (Å²) >= 11 is 2.20. The zero-order valence-electron chi connectivity index (χ0n) is 19.9. The van der Waals surface area contributed by atoms with Gasteiger partial charge in [0.25, 0.3) is 5.91 Å². The van der Waals surface area contributed by atoms with Crippen LogP contribution in [0.2, 0.25) is 0 Å². The van der Waals surface area contributed by atoms with Gasteiger partial charge in [-0.1, -0.05) is 59.7 Å². The number of urea groups is 1. The molecule has 0 atom stereocenters. The highest BCUT2D eigenvalue weighted by Crippen LogP contribution is 2.36. The number of halogens is 1. The molecular weight excluding hydrogens is 555 g/mol. The molecule has 0 saturated carbocycles. The standard InChI is InChI=1S/C28H27IN2O4/c1-4-34-25-15-22(13-23(29)26(25)35-17-21-10-6-8-19(3)12-21)14-24-27(32)31(28(33)30-24)16-20-9-5-7-18(2)11-20/h5-15H,4,16-17H2,1-3H3,(H,30,33)/b24-14+. The summed E-state index contributed by atoms with van der Waals surface area (Å²) in [7, 11) is 0. The van der Waals surface area contributed by atoms with Crippen molar-refractivity contribution in [2.75, 3.05) is 6.61 Å². The largest absolute Gasteiger partial charge is 0.490 e. The molecule has 1 saturated heterocycles. The van der Waals surface area contributed by atoms with Gasteiger partial charge in [-0.3, -0.25) is 9.69 Å². The average molecular weight is 582 g/mol. The molecule has 1 aliphatic rings. The minimum atomic E-state index is -0.430. The summed E-state index contributed by atoms with van der Waals surface area (Å²) in [5.74, 6) is 0.885. The highest BCUT2D eigenvalue weighted by atomic mass is 127. The van der Waals surface area contributed by atoms with E-state index in [0.29, 0.717) is 24.7 Å². The molecule has 3 aromatic carbocycles. The number of hydrogen-bond acceptors (Lipinski definition) is 4. The summed E-state index contributed by atoms with van der Waals surface area (Å²) in [5.41, 5.74) is 5.19. The quantitative estimate of drug-likeness (QED) is 0.202. The van der Waals surface area contributed by atoms with Gasteiger partial charge in [-0.05, 0) is 78.3 Å². The van der Waals surface area contributed by atoms with E-state index in [1.165, 1.54) is 10.5 Å². The van der Waals surface area contributed by atoms with Crippen molar-refractivity contribution in [2.45, 2.75) is 33.9 Å². The van der Waals surface area contributed by atoms with Gasteiger partial charge in [0.15, 0.2) is 11.5 Å². The summed E-state index contributed by atoms with van der Waals surface area (Å²) in [6.45, 7) is 7.04. The van der Waals surface area contributed by atoms with Crippen molar-refractivity contribution in [1.29, 1.82) is 0 Å². The number of nitrogens with one attached hydrogen (secondary N) is 1. The molecule has 0 aromatic heterocycles. The van der Waals surface area contributed by atoms with Gasteiger partial charge >= 0.3 is 6.03 Å². The zero-order valence-corrected chi connectivity index (χ0v) is 22.1. The molecule has 35 heavy (non-hydrogen) atoms.